The van der Waals surface area contributed by atoms with Gasteiger partial charge in [0, 0.05) is 43.4 Å². The molecule has 2 aliphatic rings. The zero-order valence-electron chi connectivity index (χ0n) is 19.6. The van der Waals surface area contributed by atoms with Gasteiger partial charge in [-0.1, -0.05) is 0 Å². The molecule has 9 heteroatoms. The molecule has 1 fully saturated rings. The van der Waals surface area contributed by atoms with E-state index in [1.54, 1.807) is 6.92 Å². The summed E-state index contributed by atoms with van der Waals surface area (Å²) in [4.78, 5) is 4.85. The van der Waals surface area contributed by atoms with Crippen molar-refractivity contribution in [1.82, 2.24) is 15.1 Å². The number of methoxy groups -OCH3 is 1. The second-order valence-electron chi connectivity index (χ2n) is 9.12. The van der Waals surface area contributed by atoms with Crippen molar-refractivity contribution in [3.8, 4) is 17.0 Å². The molecule has 0 bridgehead atoms. The third-order valence-corrected chi connectivity index (χ3v) is 6.56. The van der Waals surface area contributed by atoms with Crippen LogP contribution in [-0.4, -0.2) is 60.7 Å². The topological polar surface area (TPSA) is 50.7 Å². The normalized spacial score (nSPS) is 19.3. The summed E-state index contributed by atoms with van der Waals surface area (Å²) in [6.07, 6.45) is -1.35. The van der Waals surface area contributed by atoms with Crippen molar-refractivity contribution in [3.63, 3.8) is 0 Å². The Morgan fingerprint density at radius 2 is 1.94 bits per heavy atom. The van der Waals surface area contributed by atoms with Crippen LogP contribution in [-0.2, 0) is 17.3 Å². The molecular formula is C24H31F3N4O2. The number of fused-ring (bicyclic) bond motifs is 1. The summed E-state index contributed by atoms with van der Waals surface area (Å²) in [6.45, 7) is 8.93. The van der Waals surface area contributed by atoms with E-state index in [1.807, 2.05) is 6.07 Å². The molecule has 0 saturated carbocycles. The monoisotopic (exact) mass is 464 g/mol. The van der Waals surface area contributed by atoms with Crippen LogP contribution < -0.4 is 9.64 Å². The highest BCUT2D eigenvalue weighted by molar-refractivity contribution is 5.73. The molecule has 180 valence electrons. The number of nitrogens with zero attached hydrogens (tertiary/aromatic N) is 4. The van der Waals surface area contributed by atoms with Crippen molar-refractivity contribution < 1.29 is 22.6 Å². The minimum absolute atomic E-state index is 0.0909. The van der Waals surface area contributed by atoms with E-state index >= 15 is 0 Å². The van der Waals surface area contributed by atoms with Crippen molar-refractivity contribution in [2.45, 2.75) is 58.3 Å². The SMILES string of the molecule is COCOc1cc(C(F)(F)F)cc(C)c1-c1cc2c(nn1)N([C@@H]1CCCN(C(C)C)C1)CC2. The van der Waals surface area contributed by atoms with Gasteiger partial charge in [0.15, 0.2) is 12.6 Å². The first-order valence-electron chi connectivity index (χ1n) is 11.4. The standard InChI is InChI=1S/C24H31F3N4O2/c1-15(2)30-8-5-6-19(13-30)31-9-7-17-11-20(28-29-23(17)31)22-16(3)10-18(24(25,26)27)12-21(22)33-14-32-4/h10-12,15,19H,5-9,13-14H2,1-4H3/t19-/m1/s1. The number of hydrogen-bond acceptors (Lipinski definition) is 6. The largest absolute Gasteiger partial charge is 0.467 e. The zero-order valence-corrected chi connectivity index (χ0v) is 19.6. The third-order valence-electron chi connectivity index (χ3n) is 6.56. The van der Waals surface area contributed by atoms with Crippen LogP contribution >= 0.6 is 0 Å². The molecule has 33 heavy (non-hydrogen) atoms. The maximum Gasteiger partial charge on any atom is 0.416 e. The summed E-state index contributed by atoms with van der Waals surface area (Å²) < 4.78 is 50.5. The second-order valence-corrected chi connectivity index (χ2v) is 9.12. The van der Waals surface area contributed by atoms with Gasteiger partial charge in [-0.05, 0) is 70.3 Å². The van der Waals surface area contributed by atoms with Gasteiger partial charge in [0.2, 0.25) is 0 Å². The quantitative estimate of drug-likeness (QED) is 0.579. The van der Waals surface area contributed by atoms with Gasteiger partial charge >= 0.3 is 6.18 Å². The van der Waals surface area contributed by atoms with Gasteiger partial charge in [0.05, 0.1) is 11.3 Å². The average Bonchev–Trinajstić information content (AvgIpc) is 3.20. The van der Waals surface area contributed by atoms with E-state index in [0.717, 1.165) is 62.4 Å². The van der Waals surface area contributed by atoms with E-state index in [1.165, 1.54) is 7.11 Å². The Kier molecular flexibility index (Phi) is 6.81. The number of piperidine rings is 1. The first kappa shape index (κ1) is 23.8. The minimum atomic E-state index is -4.47. The molecule has 4 rings (SSSR count). The Morgan fingerprint density at radius 3 is 2.64 bits per heavy atom. The predicted octanol–water partition coefficient (Wildman–Crippen LogP) is 4.69. The number of rotatable bonds is 6. The van der Waals surface area contributed by atoms with Crippen LogP contribution in [0, 0.1) is 6.92 Å². The Labute approximate surface area is 192 Å². The first-order chi connectivity index (χ1) is 15.7. The van der Waals surface area contributed by atoms with E-state index in [2.05, 4.69) is 33.8 Å². The minimum Gasteiger partial charge on any atom is -0.467 e. The summed E-state index contributed by atoms with van der Waals surface area (Å²) in [6, 6.07) is 4.98. The lowest BCUT2D eigenvalue weighted by Crippen LogP contribution is -2.49. The Hall–Kier alpha value is -2.39. The van der Waals surface area contributed by atoms with Crippen molar-refractivity contribution in [2.24, 2.45) is 0 Å². The molecule has 0 radical (unpaired) electrons. The number of ether oxygens (including phenoxy) is 2. The molecule has 6 nitrogen and oxygen atoms in total. The fraction of sp³-hybridized carbons (Fsp3) is 0.583. The maximum atomic E-state index is 13.4. The van der Waals surface area contributed by atoms with Crippen LogP contribution in [0.2, 0.25) is 0 Å². The molecule has 1 aromatic carbocycles. The van der Waals surface area contributed by atoms with E-state index in [-0.39, 0.29) is 12.5 Å². The summed E-state index contributed by atoms with van der Waals surface area (Å²) >= 11 is 0. The number of aromatic nitrogens is 2. The molecule has 1 atom stereocenters. The summed E-state index contributed by atoms with van der Waals surface area (Å²) in [5, 5.41) is 8.98. The van der Waals surface area contributed by atoms with Crippen molar-refractivity contribution >= 4 is 5.82 Å². The van der Waals surface area contributed by atoms with Crippen LogP contribution in [0.5, 0.6) is 5.75 Å². The molecule has 1 saturated heterocycles. The Morgan fingerprint density at radius 1 is 1.15 bits per heavy atom. The number of likely N-dealkylation sites (tertiary alicyclic amines) is 1. The first-order valence-corrected chi connectivity index (χ1v) is 11.4. The van der Waals surface area contributed by atoms with Gasteiger partial charge in [0.25, 0.3) is 0 Å². The average molecular weight is 465 g/mol. The lowest BCUT2D eigenvalue weighted by molar-refractivity contribution is -0.137. The lowest BCUT2D eigenvalue weighted by atomic mass is 9.99. The van der Waals surface area contributed by atoms with Crippen molar-refractivity contribution in [3.05, 3.63) is 34.9 Å². The van der Waals surface area contributed by atoms with Gasteiger partial charge in [-0.3, -0.25) is 4.90 Å². The van der Waals surface area contributed by atoms with Crippen LogP contribution in [0.25, 0.3) is 11.3 Å². The molecule has 0 amide bonds. The summed E-state index contributed by atoms with van der Waals surface area (Å²) in [7, 11) is 1.43. The Balaban J connectivity index is 1.66. The summed E-state index contributed by atoms with van der Waals surface area (Å²) in [5.74, 6) is 0.978. The number of aryl methyl sites for hydroxylation is 1. The second kappa shape index (κ2) is 9.46. The number of anilines is 1. The number of hydrogen-bond donors (Lipinski definition) is 0. The number of halogens is 3. The third kappa shape index (κ3) is 4.94. The van der Waals surface area contributed by atoms with Gasteiger partial charge in [0.1, 0.15) is 5.75 Å². The number of benzene rings is 1. The van der Waals surface area contributed by atoms with Gasteiger partial charge in [-0.15, -0.1) is 10.2 Å². The molecule has 2 aliphatic heterocycles. The smallest absolute Gasteiger partial charge is 0.416 e. The molecule has 0 aliphatic carbocycles. The maximum absolute atomic E-state index is 13.4. The molecular weight excluding hydrogens is 433 g/mol. The van der Waals surface area contributed by atoms with Crippen LogP contribution in [0.1, 0.15) is 43.4 Å². The van der Waals surface area contributed by atoms with Crippen LogP contribution in [0.3, 0.4) is 0 Å². The molecule has 3 heterocycles. The highest BCUT2D eigenvalue weighted by Crippen LogP contribution is 2.40. The van der Waals surface area contributed by atoms with Gasteiger partial charge in [-0.25, -0.2) is 0 Å². The van der Waals surface area contributed by atoms with Gasteiger partial charge in [-0.2, -0.15) is 13.2 Å². The van der Waals surface area contributed by atoms with Crippen LogP contribution in [0.15, 0.2) is 18.2 Å². The van der Waals surface area contributed by atoms with Crippen LogP contribution in [0.4, 0.5) is 19.0 Å². The fourth-order valence-corrected chi connectivity index (χ4v) is 4.86. The lowest BCUT2D eigenvalue weighted by Gasteiger charge is -2.40. The zero-order chi connectivity index (χ0) is 23.8. The van der Waals surface area contributed by atoms with E-state index in [4.69, 9.17) is 9.47 Å². The highest BCUT2D eigenvalue weighted by atomic mass is 19.4. The predicted molar refractivity (Wildman–Crippen MR) is 120 cm³/mol. The van der Waals surface area contributed by atoms with E-state index < -0.39 is 11.7 Å². The highest BCUT2D eigenvalue weighted by Gasteiger charge is 2.34. The molecule has 1 aromatic heterocycles. The number of alkyl halides is 3. The van der Waals surface area contributed by atoms with Gasteiger partial charge < -0.3 is 14.4 Å². The van der Waals surface area contributed by atoms with Crippen molar-refractivity contribution in [2.75, 3.05) is 38.4 Å². The molecule has 0 unspecified atom stereocenters. The fourth-order valence-electron chi connectivity index (χ4n) is 4.86. The molecule has 2 aromatic rings. The van der Waals surface area contributed by atoms with E-state index in [0.29, 0.717) is 28.9 Å². The Bertz CT molecular complexity index is 996. The molecule has 0 spiro atoms. The summed E-state index contributed by atoms with van der Waals surface area (Å²) in [5.41, 5.74) is 1.76. The molecule has 0 N–H and O–H groups in total. The van der Waals surface area contributed by atoms with E-state index in [9.17, 15) is 13.2 Å². The van der Waals surface area contributed by atoms with Crippen molar-refractivity contribution in [1.29, 1.82) is 0 Å².